The fourth-order valence-corrected chi connectivity index (χ4v) is 3.14. The number of fused-ring (bicyclic) bond motifs is 2. The molecule has 0 radical (unpaired) electrons. The van der Waals surface area contributed by atoms with Gasteiger partial charge in [-0.25, -0.2) is 0 Å². The summed E-state index contributed by atoms with van der Waals surface area (Å²) in [6.07, 6.45) is 4.52. The van der Waals surface area contributed by atoms with E-state index in [0.29, 0.717) is 0 Å². The van der Waals surface area contributed by atoms with Crippen LogP contribution < -0.4 is 0 Å². The highest BCUT2D eigenvalue weighted by atomic mass is 79.9. The maximum atomic E-state index is 9.64. The van der Waals surface area contributed by atoms with Crippen LogP contribution in [0, 0.1) is 0 Å². The summed E-state index contributed by atoms with van der Waals surface area (Å²) in [6, 6.07) is 6.06. The fraction of sp³-hybridized carbons (Fsp3) is 0.357. The zero-order valence-corrected chi connectivity index (χ0v) is 11.1. The molecule has 2 nitrogen and oxygen atoms in total. The van der Waals surface area contributed by atoms with Crippen molar-refractivity contribution >= 4 is 26.8 Å². The Morgan fingerprint density at radius 1 is 1.24 bits per heavy atom. The first-order chi connectivity index (χ1) is 8.31. The molecular weight excluding hydrogens is 278 g/mol. The SMILES string of the molecule is OCc1c2c(nc3c(Br)cccc13)CCCC2. The van der Waals surface area contributed by atoms with Gasteiger partial charge in [0.15, 0.2) is 0 Å². The number of halogens is 1. The summed E-state index contributed by atoms with van der Waals surface area (Å²) in [4.78, 5) is 4.77. The van der Waals surface area contributed by atoms with E-state index in [1.807, 2.05) is 18.2 Å². The van der Waals surface area contributed by atoms with Crippen molar-refractivity contribution in [3.8, 4) is 0 Å². The highest BCUT2D eigenvalue weighted by molar-refractivity contribution is 9.10. The van der Waals surface area contributed by atoms with E-state index in [0.717, 1.165) is 33.8 Å². The second-order valence-corrected chi connectivity index (χ2v) is 5.37. The molecule has 0 saturated heterocycles. The molecule has 1 aliphatic rings. The number of aliphatic hydroxyl groups excluding tert-OH is 1. The van der Waals surface area contributed by atoms with Crippen LogP contribution in [0.1, 0.15) is 29.7 Å². The molecule has 0 saturated carbocycles. The lowest BCUT2D eigenvalue weighted by atomic mass is 9.90. The first kappa shape index (κ1) is 11.2. The molecule has 0 atom stereocenters. The molecule has 0 bridgehead atoms. The number of aryl methyl sites for hydroxylation is 1. The first-order valence-corrected chi connectivity index (χ1v) is 6.80. The highest BCUT2D eigenvalue weighted by Gasteiger charge is 2.18. The molecule has 88 valence electrons. The number of pyridine rings is 1. The van der Waals surface area contributed by atoms with Crippen LogP contribution in [0.2, 0.25) is 0 Å². The van der Waals surface area contributed by atoms with Crippen molar-refractivity contribution in [2.75, 3.05) is 0 Å². The Hall–Kier alpha value is -0.930. The van der Waals surface area contributed by atoms with Crippen molar-refractivity contribution in [1.82, 2.24) is 4.98 Å². The van der Waals surface area contributed by atoms with Gasteiger partial charge in [0.2, 0.25) is 0 Å². The number of nitrogens with zero attached hydrogens (tertiary/aromatic N) is 1. The van der Waals surface area contributed by atoms with Gasteiger partial charge >= 0.3 is 0 Å². The summed E-state index contributed by atoms with van der Waals surface area (Å²) in [5.74, 6) is 0. The molecule has 0 unspecified atom stereocenters. The molecule has 3 heteroatoms. The van der Waals surface area contributed by atoms with E-state index in [2.05, 4.69) is 15.9 Å². The van der Waals surface area contributed by atoms with Gasteiger partial charge in [-0.1, -0.05) is 12.1 Å². The van der Waals surface area contributed by atoms with E-state index < -0.39 is 0 Å². The Morgan fingerprint density at radius 2 is 2.06 bits per heavy atom. The summed E-state index contributed by atoms with van der Waals surface area (Å²) in [5, 5.41) is 10.7. The third kappa shape index (κ3) is 1.78. The Morgan fingerprint density at radius 3 is 2.88 bits per heavy atom. The van der Waals surface area contributed by atoms with Crippen molar-refractivity contribution < 1.29 is 5.11 Å². The molecule has 0 amide bonds. The number of rotatable bonds is 1. The van der Waals surface area contributed by atoms with Gasteiger partial charge < -0.3 is 5.11 Å². The molecular formula is C14H14BrNO. The van der Waals surface area contributed by atoms with Gasteiger partial charge in [-0.05, 0) is 58.8 Å². The van der Waals surface area contributed by atoms with E-state index >= 15 is 0 Å². The predicted molar refractivity (Wildman–Crippen MR) is 72.0 cm³/mol. The predicted octanol–water partition coefficient (Wildman–Crippen LogP) is 3.37. The maximum Gasteiger partial charge on any atom is 0.0851 e. The monoisotopic (exact) mass is 291 g/mol. The van der Waals surface area contributed by atoms with E-state index in [9.17, 15) is 5.11 Å². The van der Waals surface area contributed by atoms with Crippen LogP contribution in [0.4, 0.5) is 0 Å². The van der Waals surface area contributed by atoms with Crippen LogP contribution in [0.15, 0.2) is 22.7 Å². The van der Waals surface area contributed by atoms with E-state index in [1.54, 1.807) is 0 Å². The summed E-state index contributed by atoms with van der Waals surface area (Å²) in [6.45, 7) is 0.109. The lowest BCUT2D eigenvalue weighted by Gasteiger charge is -2.20. The Bertz CT molecular complexity index is 580. The van der Waals surface area contributed by atoms with Gasteiger partial charge in [-0.2, -0.15) is 0 Å². The number of para-hydroxylation sites is 1. The molecule has 1 aliphatic carbocycles. The van der Waals surface area contributed by atoms with Gasteiger partial charge in [0.1, 0.15) is 0 Å². The average molecular weight is 292 g/mol. The summed E-state index contributed by atoms with van der Waals surface area (Å²) in [7, 11) is 0. The summed E-state index contributed by atoms with van der Waals surface area (Å²) >= 11 is 3.54. The summed E-state index contributed by atoms with van der Waals surface area (Å²) in [5.41, 5.74) is 4.52. The molecule has 0 aliphatic heterocycles. The minimum absolute atomic E-state index is 0.109. The number of hydrogen-bond acceptors (Lipinski definition) is 2. The number of aliphatic hydroxyl groups is 1. The summed E-state index contributed by atoms with van der Waals surface area (Å²) < 4.78 is 1.01. The zero-order chi connectivity index (χ0) is 11.8. The Balaban J connectivity index is 2.39. The molecule has 0 spiro atoms. The normalized spacial score (nSPS) is 14.9. The Labute approximate surface area is 109 Å². The lowest BCUT2D eigenvalue weighted by Crippen LogP contribution is -2.10. The molecule has 0 fully saturated rings. The Kier molecular flexibility index (Phi) is 2.89. The molecule has 1 aromatic carbocycles. The molecule has 2 aromatic rings. The largest absolute Gasteiger partial charge is 0.392 e. The van der Waals surface area contributed by atoms with Gasteiger partial charge in [0.05, 0.1) is 12.1 Å². The van der Waals surface area contributed by atoms with E-state index in [-0.39, 0.29) is 6.61 Å². The van der Waals surface area contributed by atoms with Crippen molar-refractivity contribution in [3.63, 3.8) is 0 Å². The standard InChI is InChI=1S/C14H14BrNO/c15-12-6-3-5-10-11(8-17)9-4-1-2-7-13(9)16-14(10)12/h3,5-6,17H,1-2,4,7-8H2. The fourth-order valence-electron chi connectivity index (χ4n) is 2.69. The first-order valence-electron chi connectivity index (χ1n) is 6.01. The molecule has 17 heavy (non-hydrogen) atoms. The van der Waals surface area contributed by atoms with Crippen LogP contribution in [-0.2, 0) is 19.4 Å². The molecule has 1 N–H and O–H groups in total. The molecule has 1 aromatic heterocycles. The third-order valence-electron chi connectivity index (χ3n) is 3.52. The van der Waals surface area contributed by atoms with Crippen molar-refractivity contribution in [2.24, 2.45) is 0 Å². The average Bonchev–Trinajstić information content (AvgIpc) is 2.37. The third-order valence-corrected chi connectivity index (χ3v) is 4.16. The quantitative estimate of drug-likeness (QED) is 0.874. The van der Waals surface area contributed by atoms with Crippen molar-refractivity contribution in [2.45, 2.75) is 32.3 Å². The molecule has 3 rings (SSSR count). The van der Waals surface area contributed by atoms with E-state index in [4.69, 9.17) is 4.98 Å². The number of aromatic nitrogens is 1. The highest BCUT2D eigenvalue weighted by Crippen LogP contribution is 2.32. The van der Waals surface area contributed by atoms with Crippen LogP contribution in [0.25, 0.3) is 10.9 Å². The zero-order valence-electron chi connectivity index (χ0n) is 9.54. The van der Waals surface area contributed by atoms with Crippen LogP contribution in [0.3, 0.4) is 0 Å². The van der Waals surface area contributed by atoms with Crippen LogP contribution >= 0.6 is 15.9 Å². The van der Waals surface area contributed by atoms with Gasteiger partial charge in [0.25, 0.3) is 0 Å². The van der Waals surface area contributed by atoms with Crippen LogP contribution in [-0.4, -0.2) is 10.1 Å². The van der Waals surface area contributed by atoms with Gasteiger partial charge in [0, 0.05) is 15.6 Å². The number of benzene rings is 1. The van der Waals surface area contributed by atoms with Crippen molar-refractivity contribution in [1.29, 1.82) is 0 Å². The second-order valence-electron chi connectivity index (χ2n) is 4.52. The van der Waals surface area contributed by atoms with Crippen molar-refractivity contribution in [3.05, 3.63) is 39.5 Å². The smallest absolute Gasteiger partial charge is 0.0851 e. The van der Waals surface area contributed by atoms with E-state index in [1.165, 1.54) is 24.1 Å². The second kappa shape index (κ2) is 4.39. The minimum Gasteiger partial charge on any atom is -0.392 e. The van der Waals surface area contributed by atoms with Gasteiger partial charge in [-0.3, -0.25) is 4.98 Å². The number of hydrogen-bond donors (Lipinski definition) is 1. The van der Waals surface area contributed by atoms with Crippen LogP contribution in [0.5, 0.6) is 0 Å². The maximum absolute atomic E-state index is 9.64. The topological polar surface area (TPSA) is 33.1 Å². The lowest BCUT2D eigenvalue weighted by molar-refractivity contribution is 0.281. The van der Waals surface area contributed by atoms with Gasteiger partial charge in [-0.15, -0.1) is 0 Å². The minimum atomic E-state index is 0.109. The molecule has 1 heterocycles.